The van der Waals surface area contributed by atoms with Gasteiger partial charge in [0.25, 0.3) is 5.91 Å². The van der Waals surface area contributed by atoms with Crippen LogP contribution in [0.2, 0.25) is 0 Å². The van der Waals surface area contributed by atoms with Crippen LogP contribution >= 0.6 is 12.2 Å². The first kappa shape index (κ1) is 15.2. The summed E-state index contributed by atoms with van der Waals surface area (Å²) in [6, 6.07) is 13.3. The number of rotatable bonds is 4. The molecule has 0 aliphatic rings. The Kier molecular flexibility index (Phi) is 4.70. The summed E-state index contributed by atoms with van der Waals surface area (Å²) < 4.78 is 0. The highest BCUT2D eigenvalue weighted by atomic mass is 32.1. The Morgan fingerprint density at radius 1 is 1.14 bits per heavy atom. The minimum atomic E-state index is -0.146. The van der Waals surface area contributed by atoms with E-state index >= 15 is 0 Å². The van der Waals surface area contributed by atoms with Gasteiger partial charge in [-0.25, -0.2) is 0 Å². The molecule has 4 heteroatoms. The van der Waals surface area contributed by atoms with E-state index in [0.29, 0.717) is 17.0 Å². The predicted molar refractivity (Wildman–Crippen MR) is 90.8 cm³/mol. The third-order valence-electron chi connectivity index (χ3n) is 3.11. The molecule has 3 N–H and O–H groups in total. The van der Waals surface area contributed by atoms with Crippen LogP contribution < -0.4 is 11.1 Å². The standard InChI is InChI=1S/C17H18N2OS/c1-11-7-12(2)9-14(8-11)19-17(20)15-6-4-3-5-13(15)10-16(18)21/h3-9H,10H2,1-2H3,(H2,18,21)(H,19,20). The molecule has 0 saturated heterocycles. The zero-order valence-corrected chi connectivity index (χ0v) is 13.0. The van der Waals surface area contributed by atoms with Crippen molar-refractivity contribution in [1.82, 2.24) is 0 Å². The second kappa shape index (κ2) is 6.50. The maximum atomic E-state index is 12.4. The first-order valence-electron chi connectivity index (χ1n) is 6.71. The molecule has 3 nitrogen and oxygen atoms in total. The zero-order chi connectivity index (χ0) is 15.4. The largest absolute Gasteiger partial charge is 0.393 e. The van der Waals surface area contributed by atoms with E-state index in [9.17, 15) is 4.79 Å². The smallest absolute Gasteiger partial charge is 0.255 e. The second-order valence-corrected chi connectivity index (χ2v) is 5.66. The lowest BCUT2D eigenvalue weighted by Gasteiger charge is -2.11. The van der Waals surface area contributed by atoms with Crippen molar-refractivity contribution in [2.45, 2.75) is 20.3 Å². The molecule has 2 aromatic carbocycles. The lowest BCUT2D eigenvalue weighted by atomic mass is 10.0. The van der Waals surface area contributed by atoms with Crippen LogP contribution in [-0.4, -0.2) is 10.9 Å². The van der Waals surface area contributed by atoms with Gasteiger partial charge in [-0.05, 0) is 48.7 Å². The van der Waals surface area contributed by atoms with Crippen LogP contribution in [0.5, 0.6) is 0 Å². The molecule has 0 heterocycles. The Bertz CT molecular complexity index is 675. The van der Waals surface area contributed by atoms with Crippen molar-refractivity contribution in [2.75, 3.05) is 5.32 Å². The van der Waals surface area contributed by atoms with Gasteiger partial charge in [-0.2, -0.15) is 0 Å². The van der Waals surface area contributed by atoms with E-state index < -0.39 is 0 Å². The van der Waals surface area contributed by atoms with Crippen molar-refractivity contribution in [2.24, 2.45) is 5.73 Å². The molecule has 2 rings (SSSR count). The van der Waals surface area contributed by atoms with Gasteiger partial charge in [0.2, 0.25) is 0 Å². The average molecular weight is 298 g/mol. The number of carbonyl (C=O) groups excluding carboxylic acids is 1. The molecule has 0 spiro atoms. The fourth-order valence-electron chi connectivity index (χ4n) is 2.33. The summed E-state index contributed by atoms with van der Waals surface area (Å²) >= 11 is 4.93. The van der Waals surface area contributed by atoms with Crippen LogP contribution in [0.15, 0.2) is 42.5 Å². The number of anilines is 1. The highest BCUT2D eigenvalue weighted by molar-refractivity contribution is 7.80. The van der Waals surface area contributed by atoms with Gasteiger partial charge in [0.15, 0.2) is 0 Å². The highest BCUT2D eigenvalue weighted by Crippen LogP contribution is 2.17. The van der Waals surface area contributed by atoms with Crippen molar-refractivity contribution >= 4 is 28.8 Å². The fraction of sp³-hybridized carbons (Fsp3) is 0.176. The Hall–Kier alpha value is -2.20. The van der Waals surface area contributed by atoms with Crippen LogP contribution in [0.3, 0.4) is 0 Å². The maximum Gasteiger partial charge on any atom is 0.255 e. The van der Waals surface area contributed by atoms with E-state index in [2.05, 4.69) is 11.4 Å². The Balaban J connectivity index is 2.26. The van der Waals surface area contributed by atoms with Crippen molar-refractivity contribution < 1.29 is 4.79 Å². The molecule has 2 aromatic rings. The fourth-order valence-corrected chi connectivity index (χ4v) is 2.48. The van der Waals surface area contributed by atoms with Crippen LogP contribution in [0, 0.1) is 13.8 Å². The lowest BCUT2D eigenvalue weighted by molar-refractivity contribution is 0.102. The van der Waals surface area contributed by atoms with Crippen molar-refractivity contribution in [1.29, 1.82) is 0 Å². The van der Waals surface area contributed by atoms with E-state index in [1.807, 2.05) is 44.2 Å². The molecule has 1 amide bonds. The summed E-state index contributed by atoms with van der Waals surface area (Å²) in [5.74, 6) is -0.146. The van der Waals surface area contributed by atoms with E-state index in [-0.39, 0.29) is 5.91 Å². The predicted octanol–water partition coefficient (Wildman–Crippen LogP) is 3.38. The molecule has 0 fully saturated rings. The van der Waals surface area contributed by atoms with Crippen LogP contribution in [0.1, 0.15) is 27.0 Å². The van der Waals surface area contributed by atoms with Gasteiger partial charge >= 0.3 is 0 Å². The van der Waals surface area contributed by atoms with Crippen molar-refractivity contribution in [3.05, 3.63) is 64.7 Å². The molecule has 0 atom stereocenters. The number of aryl methyl sites for hydroxylation is 2. The van der Waals surface area contributed by atoms with Gasteiger partial charge in [0.05, 0.1) is 4.99 Å². The topological polar surface area (TPSA) is 55.1 Å². The molecular weight excluding hydrogens is 280 g/mol. The van der Waals surface area contributed by atoms with E-state index in [1.54, 1.807) is 6.07 Å². The minimum Gasteiger partial charge on any atom is -0.393 e. The molecule has 0 aliphatic carbocycles. The molecule has 0 saturated carbocycles. The first-order valence-corrected chi connectivity index (χ1v) is 7.12. The summed E-state index contributed by atoms with van der Waals surface area (Å²) in [6.45, 7) is 4.01. The Morgan fingerprint density at radius 3 is 2.38 bits per heavy atom. The Labute approximate surface area is 130 Å². The third-order valence-corrected chi connectivity index (χ3v) is 3.25. The summed E-state index contributed by atoms with van der Waals surface area (Å²) in [5, 5.41) is 2.93. The third kappa shape index (κ3) is 4.13. The number of hydrogen-bond donors (Lipinski definition) is 2. The number of thiocarbonyl (C=S) groups is 1. The van der Waals surface area contributed by atoms with Crippen LogP contribution in [0.4, 0.5) is 5.69 Å². The number of nitrogens with one attached hydrogen (secondary N) is 1. The van der Waals surface area contributed by atoms with Gasteiger partial charge in [-0.1, -0.05) is 36.5 Å². The Morgan fingerprint density at radius 2 is 1.76 bits per heavy atom. The summed E-state index contributed by atoms with van der Waals surface area (Å²) in [5.41, 5.74) is 10.0. The van der Waals surface area contributed by atoms with E-state index in [4.69, 9.17) is 18.0 Å². The van der Waals surface area contributed by atoms with Gasteiger partial charge in [-0.3, -0.25) is 4.79 Å². The zero-order valence-electron chi connectivity index (χ0n) is 12.1. The summed E-state index contributed by atoms with van der Waals surface area (Å²) in [7, 11) is 0. The lowest BCUT2D eigenvalue weighted by Crippen LogP contribution is -2.18. The number of amides is 1. The molecule has 21 heavy (non-hydrogen) atoms. The van der Waals surface area contributed by atoms with Gasteiger partial charge in [-0.15, -0.1) is 0 Å². The second-order valence-electron chi connectivity index (χ2n) is 5.13. The SMILES string of the molecule is Cc1cc(C)cc(NC(=O)c2ccccc2CC(N)=S)c1. The minimum absolute atomic E-state index is 0.146. The number of nitrogens with two attached hydrogens (primary N) is 1. The summed E-state index contributed by atoms with van der Waals surface area (Å²) in [6.07, 6.45) is 0.422. The molecular formula is C17H18N2OS. The molecule has 108 valence electrons. The normalized spacial score (nSPS) is 10.2. The highest BCUT2D eigenvalue weighted by Gasteiger charge is 2.12. The van der Waals surface area contributed by atoms with E-state index in [0.717, 1.165) is 22.4 Å². The van der Waals surface area contributed by atoms with Gasteiger partial charge < -0.3 is 11.1 Å². The van der Waals surface area contributed by atoms with Crippen molar-refractivity contribution in [3.63, 3.8) is 0 Å². The number of carbonyl (C=O) groups is 1. The molecule has 0 radical (unpaired) electrons. The maximum absolute atomic E-state index is 12.4. The van der Waals surface area contributed by atoms with Crippen LogP contribution in [0.25, 0.3) is 0 Å². The number of hydrogen-bond acceptors (Lipinski definition) is 2. The molecule has 0 aromatic heterocycles. The monoisotopic (exact) mass is 298 g/mol. The van der Waals surface area contributed by atoms with E-state index in [1.165, 1.54) is 0 Å². The molecule has 0 unspecified atom stereocenters. The van der Waals surface area contributed by atoms with Gasteiger partial charge in [0.1, 0.15) is 0 Å². The van der Waals surface area contributed by atoms with Gasteiger partial charge in [0, 0.05) is 17.7 Å². The summed E-state index contributed by atoms with van der Waals surface area (Å²) in [4.78, 5) is 12.8. The van der Waals surface area contributed by atoms with Crippen LogP contribution in [-0.2, 0) is 6.42 Å². The van der Waals surface area contributed by atoms with Crippen molar-refractivity contribution in [3.8, 4) is 0 Å². The quantitative estimate of drug-likeness (QED) is 0.851. The average Bonchev–Trinajstić information content (AvgIpc) is 2.37. The number of benzene rings is 2. The first-order chi connectivity index (χ1) is 9.95. The molecule has 0 aliphatic heterocycles. The molecule has 0 bridgehead atoms.